The van der Waals surface area contributed by atoms with Gasteiger partial charge in [0.05, 0.1) is 24.8 Å². The fourth-order valence-electron chi connectivity index (χ4n) is 4.13. The van der Waals surface area contributed by atoms with E-state index in [0.717, 1.165) is 50.6 Å². The number of nitriles is 1. The van der Waals surface area contributed by atoms with Gasteiger partial charge >= 0.3 is 0 Å². The van der Waals surface area contributed by atoms with Crippen LogP contribution in [0.2, 0.25) is 0 Å². The number of nitrogens with zero attached hydrogens (tertiary/aromatic N) is 3. The minimum absolute atomic E-state index is 0.152. The van der Waals surface area contributed by atoms with Gasteiger partial charge in [0.1, 0.15) is 11.6 Å². The molecule has 0 bridgehead atoms. The number of rotatable bonds is 5. The third-order valence-electron chi connectivity index (χ3n) is 5.89. The summed E-state index contributed by atoms with van der Waals surface area (Å²) in [5.74, 6) is 2.02. The van der Waals surface area contributed by atoms with Crippen LogP contribution in [0.15, 0.2) is 60.6 Å². The number of hydrogen-bond acceptors (Lipinski definition) is 6. The Bertz CT molecular complexity index is 925. The Morgan fingerprint density at radius 2 is 1.93 bits per heavy atom. The van der Waals surface area contributed by atoms with Crippen molar-refractivity contribution < 1.29 is 4.74 Å². The van der Waals surface area contributed by atoms with Crippen LogP contribution in [0.25, 0.3) is 0 Å². The van der Waals surface area contributed by atoms with Crippen molar-refractivity contribution in [1.29, 1.82) is 5.26 Å². The van der Waals surface area contributed by atoms with E-state index in [1.807, 2.05) is 24.3 Å². The molecule has 30 heavy (non-hydrogen) atoms. The van der Waals surface area contributed by atoms with E-state index >= 15 is 0 Å². The quantitative estimate of drug-likeness (QED) is 0.799. The van der Waals surface area contributed by atoms with Crippen LogP contribution in [-0.4, -0.2) is 42.6 Å². The first-order valence-corrected chi connectivity index (χ1v) is 10.5. The summed E-state index contributed by atoms with van der Waals surface area (Å²) >= 11 is 0. The van der Waals surface area contributed by atoms with Crippen molar-refractivity contribution >= 4 is 0 Å². The molecule has 0 spiro atoms. The number of methoxy groups -OCH3 is 1. The van der Waals surface area contributed by atoms with Crippen molar-refractivity contribution in [3.63, 3.8) is 0 Å². The summed E-state index contributed by atoms with van der Waals surface area (Å²) in [6, 6.07) is 18.8. The Balaban J connectivity index is 1.57. The van der Waals surface area contributed by atoms with Gasteiger partial charge < -0.3 is 25.6 Å². The summed E-state index contributed by atoms with van der Waals surface area (Å²) in [5, 5.41) is 12.8. The molecule has 2 aromatic rings. The predicted octanol–water partition coefficient (Wildman–Crippen LogP) is 2.94. The van der Waals surface area contributed by atoms with Gasteiger partial charge in [-0.05, 0) is 48.2 Å². The minimum atomic E-state index is 0.152. The van der Waals surface area contributed by atoms with Gasteiger partial charge in [-0.1, -0.05) is 24.3 Å². The first kappa shape index (κ1) is 20.1. The van der Waals surface area contributed by atoms with E-state index in [-0.39, 0.29) is 6.04 Å². The maximum absolute atomic E-state index is 9.11. The number of nitrogens with one attached hydrogen (secondary N) is 1. The Hall–Kier alpha value is -3.17. The van der Waals surface area contributed by atoms with Gasteiger partial charge in [-0.3, -0.25) is 0 Å². The van der Waals surface area contributed by atoms with Gasteiger partial charge in [0.15, 0.2) is 0 Å². The number of ether oxygens (including phenoxy) is 1. The zero-order chi connectivity index (χ0) is 20.9. The maximum atomic E-state index is 9.11. The van der Waals surface area contributed by atoms with Crippen LogP contribution in [-0.2, 0) is 6.54 Å². The van der Waals surface area contributed by atoms with Crippen molar-refractivity contribution in [2.24, 2.45) is 5.73 Å². The zero-order valence-electron chi connectivity index (χ0n) is 17.4. The van der Waals surface area contributed by atoms with E-state index in [1.54, 1.807) is 7.11 Å². The molecule has 0 aromatic heterocycles. The lowest BCUT2D eigenvalue weighted by Gasteiger charge is -2.41. The zero-order valence-corrected chi connectivity index (χ0v) is 17.4. The molecule has 6 nitrogen and oxygen atoms in total. The Labute approximate surface area is 178 Å². The summed E-state index contributed by atoms with van der Waals surface area (Å²) in [5.41, 5.74) is 9.20. The molecule has 0 saturated carbocycles. The summed E-state index contributed by atoms with van der Waals surface area (Å²) < 4.78 is 5.39. The third kappa shape index (κ3) is 4.69. The van der Waals surface area contributed by atoms with E-state index < -0.39 is 0 Å². The van der Waals surface area contributed by atoms with Crippen LogP contribution >= 0.6 is 0 Å². The third-order valence-corrected chi connectivity index (χ3v) is 5.89. The van der Waals surface area contributed by atoms with E-state index in [1.165, 1.54) is 11.1 Å². The number of nitrogens with two attached hydrogens (primary N) is 1. The SMILES string of the molecule is COc1cccc(CN2C=C(N3CCC(N)CC3)NC(c3ccc(C#N)cc3)C2)c1. The molecule has 1 atom stereocenters. The molecule has 0 radical (unpaired) electrons. The molecule has 2 aliphatic rings. The van der Waals surface area contributed by atoms with Crippen LogP contribution in [0, 0.1) is 11.3 Å². The topological polar surface area (TPSA) is 77.6 Å². The van der Waals surface area contributed by atoms with Crippen LogP contribution in [0.3, 0.4) is 0 Å². The van der Waals surface area contributed by atoms with Crippen LogP contribution in [0.1, 0.15) is 35.6 Å². The second-order valence-corrected chi connectivity index (χ2v) is 8.05. The number of piperidine rings is 1. The average molecular weight is 404 g/mol. The fraction of sp³-hybridized carbons (Fsp3) is 0.375. The molecule has 2 heterocycles. The van der Waals surface area contributed by atoms with Gasteiger partial charge in [0.2, 0.25) is 0 Å². The smallest absolute Gasteiger partial charge is 0.119 e. The molecule has 2 aromatic carbocycles. The summed E-state index contributed by atoms with van der Waals surface area (Å²) in [6.45, 7) is 3.59. The van der Waals surface area contributed by atoms with E-state index in [9.17, 15) is 0 Å². The van der Waals surface area contributed by atoms with Gasteiger partial charge in [0.25, 0.3) is 0 Å². The standard InChI is InChI=1S/C24H29N5O/c1-30-22-4-2-3-19(13-22)15-28-16-23(20-7-5-18(14-25)6-8-20)27-24(17-28)29-11-9-21(26)10-12-29/h2-8,13,17,21,23,27H,9-12,15-16,26H2,1H3. The van der Waals surface area contributed by atoms with E-state index in [2.05, 4.69) is 51.7 Å². The van der Waals surface area contributed by atoms with Crippen molar-refractivity contribution in [2.45, 2.75) is 31.5 Å². The Kier molecular flexibility index (Phi) is 6.10. The number of hydrogen-bond donors (Lipinski definition) is 2. The molecule has 3 N–H and O–H groups in total. The minimum Gasteiger partial charge on any atom is -0.497 e. The van der Waals surface area contributed by atoms with Gasteiger partial charge in [-0.15, -0.1) is 0 Å². The molecule has 1 fully saturated rings. The molecule has 4 rings (SSSR count). The predicted molar refractivity (Wildman–Crippen MR) is 117 cm³/mol. The second-order valence-electron chi connectivity index (χ2n) is 8.05. The first-order chi connectivity index (χ1) is 14.6. The molecule has 6 heteroatoms. The normalized spacial score (nSPS) is 19.6. The lowest BCUT2D eigenvalue weighted by atomic mass is 10.0. The highest BCUT2D eigenvalue weighted by molar-refractivity contribution is 5.34. The van der Waals surface area contributed by atoms with Crippen molar-refractivity contribution in [2.75, 3.05) is 26.7 Å². The molecule has 0 aliphatic carbocycles. The number of benzene rings is 2. The molecule has 1 unspecified atom stereocenters. The Morgan fingerprint density at radius 1 is 1.17 bits per heavy atom. The van der Waals surface area contributed by atoms with Crippen molar-refractivity contribution in [3.8, 4) is 11.8 Å². The molecule has 2 aliphatic heterocycles. The maximum Gasteiger partial charge on any atom is 0.119 e. The largest absolute Gasteiger partial charge is 0.497 e. The summed E-state index contributed by atoms with van der Waals surface area (Å²) in [6.07, 6.45) is 4.25. The van der Waals surface area contributed by atoms with Gasteiger partial charge in [-0.25, -0.2) is 0 Å². The molecular formula is C24H29N5O. The fourth-order valence-corrected chi connectivity index (χ4v) is 4.13. The van der Waals surface area contributed by atoms with Crippen LogP contribution in [0.5, 0.6) is 5.75 Å². The van der Waals surface area contributed by atoms with Gasteiger partial charge in [0, 0.05) is 38.4 Å². The summed E-state index contributed by atoms with van der Waals surface area (Å²) in [7, 11) is 1.70. The highest BCUT2D eigenvalue weighted by Gasteiger charge is 2.26. The lowest BCUT2D eigenvalue weighted by Crippen LogP contribution is -2.47. The van der Waals surface area contributed by atoms with E-state index in [0.29, 0.717) is 11.6 Å². The summed E-state index contributed by atoms with van der Waals surface area (Å²) in [4.78, 5) is 4.76. The van der Waals surface area contributed by atoms with Crippen molar-refractivity contribution in [1.82, 2.24) is 15.1 Å². The number of likely N-dealkylation sites (tertiary alicyclic amines) is 1. The molecular weight excluding hydrogens is 374 g/mol. The second kappa shape index (κ2) is 9.10. The molecule has 0 amide bonds. The van der Waals surface area contributed by atoms with Crippen molar-refractivity contribution in [3.05, 3.63) is 77.2 Å². The Morgan fingerprint density at radius 3 is 2.63 bits per heavy atom. The molecule has 156 valence electrons. The first-order valence-electron chi connectivity index (χ1n) is 10.5. The molecule has 1 saturated heterocycles. The van der Waals surface area contributed by atoms with Crippen LogP contribution < -0.4 is 15.8 Å². The highest BCUT2D eigenvalue weighted by Crippen LogP contribution is 2.26. The monoisotopic (exact) mass is 403 g/mol. The average Bonchev–Trinajstić information content (AvgIpc) is 2.79. The van der Waals surface area contributed by atoms with Crippen LogP contribution in [0.4, 0.5) is 0 Å². The lowest BCUT2D eigenvalue weighted by molar-refractivity contribution is 0.202. The highest BCUT2D eigenvalue weighted by atomic mass is 16.5. The van der Waals surface area contributed by atoms with Gasteiger partial charge in [-0.2, -0.15) is 5.26 Å². The van der Waals surface area contributed by atoms with E-state index in [4.69, 9.17) is 15.7 Å².